The zero-order valence-corrected chi connectivity index (χ0v) is 11.8. The lowest BCUT2D eigenvalue weighted by Gasteiger charge is -2.21. The number of thioether (sulfide) groups is 1. The average Bonchev–Trinajstić information content (AvgIpc) is 2.40. The average molecular weight is 278 g/mol. The van der Waals surface area contributed by atoms with E-state index in [9.17, 15) is 9.59 Å². The fourth-order valence-electron chi connectivity index (χ4n) is 1.97. The van der Waals surface area contributed by atoms with E-state index >= 15 is 0 Å². The second-order valence-electron chi connectivity index (χ2n) is 4.62. The van der Waals surface area contributed by atoms with Crippen molar-refractivity contribution in [3.63, 3.8) is 0 Å². The molecule has 4 nitrogen and oxygen atoms in total. The first-order valence-corrected chi connectivity index (χ1v) is 7.48. The molecule has 0 bridgehead atoms. The molecule has 5 heteroatoms. The second-order valence-corrected chi connectivity index (χ2v) is 5.82. The van der Waals surface area contributed by atoms with E-state index in [0.717, 1.165) is 23.4 Å². The Kier molecular flexibility index (Phi) is 4.96. The van der Waals surface area contributed by atoms with Gasteiger partial charge in [0.15, 0.2) is 5.78 Å². The Labute approximate surface area is 117 Å². The van der Waals surface area contributed by atoms with Gasteiger partial charge in [-0.3, -0.25) is 9.59 Å². The summed E-state index contributed by atoms with van der Waals surface area (Å²) in [6.07, 6.45) is 4.39. The third-order valence-corrected chi connectivity index (χ3v) is 4.36. The van der Waals surface area contributed by atoms with Gasteiger partial charge >= 0.3 is 0 Å². The van der Waals surface area contributed by atoms with Crippen molar-refractivity contribution >= 4 is 23.5 Å². The van der Waals surface area contributed by atoms with E-state index in [2.05, 4.69) is 17.2 Å². The molecule has 1 atom stereocenters. The van der Waals surface area contributed by atoms with E-state index in [1.165, 1.54) is 11.8 Å². The molecule has 1 aliphatic rings. The first kappa shape index (κ1) is 14.1. The van der Waals surface area contributed by atoms with Crippen LogP contribution >= 0.6 is 11.8 Å². The molecule has 0 spiro atoms. The summed E-state index contributed by atoms with van der Waals surface area (Å²) in [4.78, 5) is 28.0. The Morgan fingerprint density at radius 3 is 3.21 bits per heavy atom. The Balaban J connectivity index is 1.92. The number of Topliss-reactive ketones (excluding diaryl/α,β-unsaturated/α-hetero) is 1. The zero-order chi connectivity index (χ0) is 13.7. The number of carbonyl (C=O) groups excluding carboxylic acids is 2. The maximum absolute atomic E-state index is 12.0. The van der Waals surface area contributed by atoms with Crippen molar-refractivity contribution in [2.75, 3.05) is 6.54 Å². The summed E-state index contributed by atoms with van der Waals surface area (Å²) in [5, 5.41) is 3.45. The van der Waals surface area contributed by atoms with Crippen LogP contribution in [-0.2, 0) is 16.0 Å². The lowest BCUT2D eigenvalue weighted by Crippen LogP contribution is -2.32. The quantitative estimate of drug-likeness (QED) is 0.837. The topological polar surface area (TPSA) is 59.1 Å². The summed E-state index contributed by atoms with van der Waals surface area (Å²) in [6.45, 7) is 2.77. The number of carbonyl (C=O) groups is 2. The summed E-state index contributed by atoms with van der Waals surface area (Å²) in [5.41, 5.74) is 0.972. The van der Waals surface area contributed by atoms with Gasteiger partial charge in [0, 0.05) is 25.6 Å². The number of fused-ring (bicyclic) bond motifs is 1. The van der Waals surface area contributed by atoms with Crippen LogP contribution in [0, 0.1) is 0 Å². The molecule has 1 aromatic heterocycles. The number of hydrogen-bond acceptors (Lipinski definition) is 4. The largest absolute Gasteiger partial charge is 0.356 e. The number of aromatic nitrogens is 1. The van der Waals surface area contributed by atoms with Gasteiger partial charge in [0.05, 0.1) is 5.25 Å². The van der Waals surface area contributed by atoms with Crippen molar-refractivity contribution in [3.8, 4) is 0 Å². The molecule has 19 heavy (non-hydrogen) atoms. The molecule has 0 saturated heterocycles. The first-order chi connectivity index (χ1) is 9.20. The summed E-state index contributed by atoms with van der Waals surface area (Å²) >= 11 is 1.41. The maximum atomic E-state index is 12.0. The molecule has 0 aromatic carbocycles. The van der Waals surface area contributed by atoms with Crippen LogP contribution in [-0.4, -0.2) is 28.5 Å². The molecular weight excluding hydrogens is 260 g/mol. The van der Waals surface area contributed by atoms with Crippen molar-refractivity contribution in [2.45, 2.75) is 42.9 Å². The molecule has 1 N–H and O–H groups in total. The highest BCUT2D eigenvalue weighted by Crippen LogP contribution is 2.33. The van der Waals surface area contributed by atoms with Crippen LogP contribution in [0.2, 0.25) is 0 Å². The van der Waals surface area contributed by atoms with Crippen LogP contribution in [0.25, 0.3) is 0 Å². The fourth-order valence-corrected chi connectivity index (χ4v) is 3.10. The van der Waals surface area contributed by atoms with E-state index in [4.69, 9.17) is 0 Å². The molecule has 0 fully saturated rings. The van der Waals surface area contributed by atoms with Crippen LogP contribution in [0.4, 0.5) is 0 Å². The smallest absolute Gasteiger partial charge is 0.221 e. The normalized spacial score (nSPS) is 17.9. The minimum atomic E-state index is -0.288. The monoisotopic (exact) mass is 278 g/mol. The number of unbranched alkanes of at least 4 members (excludes halogenated alkanes) is 1. The third kappa shape index (κ3) is 3.80. The van der Waals surface area contributed by atoms with Gasteiger partial charge in [-0.25, -0.2) is 4.98 Å². The summed E-state index contributed by atoms with van der Waals surface area (Å²) in [7, 11) is 0. The van der Waals surface area contributed by atoms with Gasteiger partial charge in [-0.15, -0.1) is 0 Å². The molecule has 2 heterocycles. The molecular formula is C14H18N2O2S. The van der Waals surface area contributed by atoms with Crippen molar-refractivity contribution in [2.24, 2.45) is 0 Å². The van der Waals surface area contributed by atoms with Crippen molar-refractivity contribution < 1.29 is 9.59 Å². The van der Waals surface area contributed by atoms with Gasteiger partial charge in [-0.05, 0) is 18.1 Å². The van der Waals surface area contributed by atoms with E-state index in [-0.39, 0.29) is 23.4 Å². The third-order valence-electron chi connectivity index (χ3n) is 3.05. The molecule has 102 valence electrons. The van der Waals surface area contributed by atoms with E-state index < -0.39 is 0 Å². The number of nitrogens with zero attached hydrogens (tertiary/aromatic N) is 1. The van der Waals surface area contributed by atoms with Gasteiger partial charge in [-0.2, -0.15) is 0 Å². The summed E-state index contributed by atoms with van der Waals surface area (Å²) < 4.78 is 0. The number of hydrogen-bond donors (Lipinski definition) is 1. The SMILES string of the molecule is CCCCNC(=O)CC1Sc2ncccc2CC1=O. The molecule has 1 aromatic rings. The molecule has 1 aliphatic heterocycles. The fraction of sp³-hybridized carbons (Fsp3) is 0.500. The van der Waals surface area contributed by atoms with Gasteiger partial charge in [0.2, 0.25) is 5.91 Å². The van der Waals surface area contributed by atoms with Gasteiger partial charge in [-0.1, -0.05) is 31.2 Å². The first-order valence-electron chi connectivity index (χ1n) is 6.60. The molecule has 1 amide bonds. The Morgan fingerprint density at radius 2 is 2.42 bits per heavy atom. The van der Waals surface area contributed by atoms with Gasteiger partial charge < -0.3 is 5.32 Å². The maximum Gasteiger partial charge on any atom is 0.221 e. The van der Waals surface area contributed by atoms with E-state index in [1.54, 1.807) is 6.20 Å². The number of amides is 1. The molecule has 2 rings (SSSR count). The number of ketones is 1. The lowest BCUT2D eigenvalue weighted by molar-refractivity contribution is -0.124. The molecule has 0 radical (unpaired) electrons. The van der Waals surface area contributed by atoms with Crippen LogP contribution in [0.1, 0.15) is 31.7 Å². The summed E-state index contributed by atoms with van der Waals surface area (Å²) in [5.74, 6) is 0.0785. The van der Waals surface area contributed by atoms with Crippen molar-refractivity contribution in [3.05, 3.63) is 23.9 Å². The lowest BCUT2D eigenvalue weighted by atomic mass is 10.1. The van der Waals surface area contributed by atoms with Crippen LogP contribution < -0.4 is 5.32 Å². The van der Waals surface area contributed by atoms with Crippen molar-refractivity contribution in [1.29, 1.82) is 0 Å². The number of rotatable bonds is 5. The standard InChI is InChI=1S/C14H18N2O2S/c1-2-3-6-15-13(18)9-12-11(17)8-10-5-4-7-16-14(10)19-12/h4-5,7,12H,2-3,6,8-9H2,1H3,(H,15,18). The minimum absolute atomic E-state index is 0.0429. The van der Waals surface area contributed by atoms with E-state index in [0.29, 0.717) is 13.0 Å². The highest BCUT2D eigenvalue weighted by atomic mass is 32.2. The zero-order valence-electron chi connectivity index (χ0n) is 11.0. The predicted molar refractivity (Wildman–Crippen MR) is 75.1 cm³/mol. The Bertz CT molecular complexity index is 476. The highest BCUT2D eigenvalue weighted by molar-refractivity contribution is 8.00. The van der Waals surface area contributed by atoms with Gasteiger partial charge in [0.1, 0.15) is 5.03 Å². The van der Waals surface area contributed by atoms with Crippen LogP contribution in [0.3, 0.4) is 0 Å². The minimum Gasteiger partial charge on any atom is -0.356 e. The van der Waals surface area contributed by atoms with E-state index in [1.807, 2.05) is 12.1 Å². The summed E-state index contributed by atoms with van der Waals surface area (Å²) in [6, 6.07) is 3.76. The molecule has 0 saturated carbocycles. The van der Waals surface area contributed by atoms with Crippen LogP contribution in [0.15, 0.2) is 23.4 Å². The Hall–Kier alpha value is -1.36. The second kappa shape index (κ2) is 6.70. The molecule has 0 aliphatic carbocycles. The van der Waals surface area contributed by atoms with Gasteiger partial charge in [0.25, 0.3) is 0 Å². The number of nitrogens with one attached hydrogen (secondary N) is 1. The Morgan fingerprint density at radius 1 is 1.58 bits per heavy atom. The molecule has 1 unspecified atom stereocenters. The number of pyridine rings is 1. The van der Waals surface area contributed by atoms with Crippen LogP contribution in [0.5, 0.6) is 0 Å². The highest BCUT2D eigenvalue weighted by Gasteiger charge is 2.29. The van der Waals surface area contributed by atoms with Crippen molar-refractivity contribution in [1.82, 2.24) is 10.3 Å². The predicted octanol–water partition coefficient (Wildman–Crippen LogP) is 1.97.